The number of hydrogen-bond donors (Lipinski definition) is 1. The van der Waals surface area contributed by atoms with Crippen LogP contribution >= 0.6 is 0 Å². The third-order valence-electron chi connectivity index (χ3n) is 9.27. The third-order valence-corrected chi connectivity index (χ3v) is 9.27. The van der Waals surface area contributed by atoms with Crippen molar-refractivity contribution >= 4 is 27.6 Å². The Balaban J connectivity index is 0.905. The largest absolute Gasteiger partial charge is 0.512 e. The smallest absolute Gasteiger partial charge is 0.155 e. The standard InChI is InChI=1S/C47H50N2O6/c1-35(50)31-42(51)14-8-23-52-27-28-55-26-22-39-34-47(49-46-17-5-3-15-43(39)46)41-13-7-10-37(33-41)21-25-54-30-29-53-24-20-36-9-6-12-40(32-36)45-19-18-38-11-2-4-16-44(38)48-45/h2-7,9-13,15-19,31-34,51H,8,14,20-30H2,1H3. The molecule has 8 heteroatoms. The lowest BCUT2D eigenvalue weighted by Gasteiger charge is -2.12. The average Bonchev–Trinajstić information content (AvgIpc) is 3.20. The molecule has 2 heterocycles. The van der Waals surface area contributed by atoms with E-state index in [9.17, 15) is 9.90 Å². The van der Waals surface area contributed by atoms with E-state index in [4.69, 9.17) is 28.9 Å². The quantitative estimate of drug-likeness (QED) is 0.0418. The number of carbonyl (C=O) groups is 1. The summed E-state index contributed by atoms with van der Waals surface area (Å²) in [7, 11) is 0. The SMILES string of the molecule is CC(=O)C=C(O)CCCOCCOCCc1cc(-c2cccc(CCOCCOCCc3cccc(-c4ccc5ccccc5n4)c3)c2)nc2ccccc12. The van der Waals surface area contributed by atoms with Gasteiger partial charge in [-0.25, -0.2) is 9.97 Å². The lowest BCUT2D eigenvalue weighted by Crippen LogP contribution is -2.08. The van der Waals surface area contributed by atoms with Crippen LogP contribution in [0.15, 0.2) is 127 Å². The van der Waals surface area contributed by atoms with Gasteiger partial charge in [0.2, 0.25) is 0 Å². The molecule has 0 spiro atoms. The monoisotopic (exact) mass is 738 g/mol. The first-order chi connectivity index (χ1) is 27.0. The number of benzene rings is 4. The first-order valence-corrected chi connectivity index (χ1v) is 19.2. The fraction of sp³-hybridized carbons (Fsp3) is 0.298. The van der Waals surface area contributed by atoms with Crippen molar-refractivity contribution in [2.75, 3.05) is 52.9 Å². The molecule has 0 bridgehead atoms. The molecule has 6 aromatic rings. The number of allylic oxidation sites excluding steroid dienone is 2. The van der Waals surface area contributed by atoms with Crippen LogP contribution in [-0.4, -0.2) is 73.7 Å². The molecule has 0 aliphatic carbocycles. The average molecular weight is 739 g/mol. The highest BCUT2D eigenvalue weighted by molar-refractivity contribution is 5.87. The summed E-state index contributed by atoms with van der Waals surface area (Å²) in [6, 6.07) is 39.9. The van der Waals surface area contributed by atoms with Crippen LogP contribution in [0.25, 0.3) is 44.3 Å². The summed E-state index contributed by atoms with van der Waals surface area (Å²) < 4.78 is 23.4. The maximum Gasteiger partial charge on any atom is 0.155 e. The van der Waals surface area contributed by atoms with E-state index in [1.807, 2.05) is 30.3 Å². The Bertz CT molecular complexity index is 2180. The summed E-state index contributed by atoms with van der Waals surface area (Å²) in [5.74, 6) is -0.0646. The van der Waals surface area contributed by atoms with Gasteiger partial charge in [-0.2, -0.15) is 0 Å². The number of aliphatic hydroxyl groups is 1. The van der Waals surface area contributed by atoms with E-state index in [-0.39, 0.29) is 11.5 Å². The van der Waals surface area contributed by atoms with Gasteiger partial charge in [-0.15, -0.1) is 0 Å². The summed E-state index contributed by atoms with van der Waals surface area (Å²) in [6.07, 6.45) is 4.71. The van der Waals surface area contributed by atoms with Crippen LogP contribution in [0, 0.1) is 0 Å². The molecule has 8 nitrogen and oxygen atoms in total. The van der Waals surface area contributed by atoms with Gasteiger partial charge >= 0.3 is 0 Å². The van der Waals surface area contributed by atoms with Crippen LogP contribution in [-0.2, 0) is 43.0 Å². The molecule has 6 rings (SSSR count). The van der Waals surface area contributed by atoms with Crippen LogP contribution in [0.4, 0.5) is 0 Å². The number of carbonyl (C=O) groups excluding carboxylic acids is 1. The highest BCUT2D eigenvalue weighted by Gasteiger charge is 2.09. The number of aromatic nitrogens is 2. The molecule has 0 amide bonds. The van der Waals surface area contributed by atoms with Crippen molar-refractivity contribution in [1.29, 1.82) is 0 Å². The van der Waals surface area contributed by atoms with E-state index in [1.54, 1.807) is 0 Å². The van der Waals surface area contributed by atoms with E-state index >= 15 is 0 Å². The number of hydrogen-bond acceptors (Lipinski definition) is 8. The zero-order valence-electron chi connectivity index (χ0n) is 31.6. The van der Waals surface area contributed by atoms with Gasteiger partial charge in [0.1, 0.15) is 0 Å². The minimum Gasteiger partial charge on any atom is -0.512 e. The van der Waals surface area contributed by atoms with Crippen molar-refractivity contribution < 1.29 is 28.8 Å². The molecule has 0 saturated carbocycles. The Labute approximate surface area is 323 Å². The Morgan fingerprint density at radius 3 is 1.85 bits per heavy atom. The minimum absolute atomic E-state index is 0.0929. The molecule has 0 radical (unpaired) electrons. The maximum atomic E-state index is 11.0. The van der Waals surface area contributed by atoms with Gasteiger partial charge in [0.25, 0.3) is 0 Å². The van der Waals surface area contributed by atoms with Crippen molar-refractivity contribution in [3.8, 4) is 22.5 Å². The lowest BCUT2D eigenvalue weighted by atomic mass is 10.0. The molecule has 0 aliphatic heterocycles. The maximum absolute atomic E-state index is 11.0. The molecular weight excluding hydrogens is 689 g/mol. The van der Waals surface area contributed by atoms with E-state index in [0.29, 0.717) is 65.7 Å². The predicted molar refractivity (Wildman–Crippen MR) is 219 cm³/mol. The van der Waals surface area contributed by atoms with Crippen LogP contribution in [0.3, 0.4) is 0 Å². The molecule has 55 heavy (non-hydrogen) atoms. The summed E-state index contributed by atoms with van der Waals surface area (Å²) in [6.45, 7) is 5.81. The number of nitrogens with zero attached hydrogens (tertiary/aromatic N) is 2. The second-order valence-corrected chi connectivity index (χ2v) is 13.5. The number of pyridine rings is 2. The van der Waals surface area contributed by atoms with Crippen LogP contribution in [0.2, 0.25) is 0 Å². The van der Waals surface area contributed by atoms with Gasteiger partial charge < -0.3 is 24.1 Å². The van der Waals surface area contributed by atoms with Crippen molar-refractivity contribution in [3.05, 3.63) is 144 Å². The molecular formula is C47H50N2O6. The van der Waals surface area contributed by atoms with E-state index in [0.717, 1.165) is 63.6 Å². The Kier molecular flexibility index (Phi) is 15.1. The number of fused-ring (bicyclic) bond motifs is 2. The molecule has 0 unspecified atom stereocenters. The van der Waals surface area contributed by atoms with E-state index in [2.05, 4.69) is 84.9 Å². The molecule has 0 saturated heterocycles. The first-order valence-electron chi connectivity index (χ1n) is 19.2. The van der Waals surface area contributed by atoms with Crippen molar-refractivity contribution in [3.63, 3.8) is 0 Å². The molecule has 0 aliphatic rings. The number of ether oxygens (including phenoxy) is 4. The third kappa shape index (κ3) is 12.4. The van der Waals surface area contributed by atoms with Gasteiger partial charge in [0.15, 0.2) is 5.78 Å². The summed E-state index contributed by atoms with van der Waals surface area (Å²) in [5.41, 5.74) is 9.69. The van der Waals surface area contributed by atoms with Crippen molar-refractivity contribution in [1.82, 2.24) is 9.97 Å². The molecule has 1 N–H and O–H groups in total. The second kappa shape index (κ2) is 21.0. The van der Waals surface area contributed by atoms with E-state index in [1.165, 1.54) is 29.7 Å². The highest BCUT2D eigenvalue weighted by atomic mass is 16.5. The lowest BCUT2D eigenvalue weighted by molar-refractivity contribution is -0.112. The fourth-order valence-corrected chi connectivity index (χ4v) is 6.47. The van der Waals surface area contributed by atoms with Crippen LogP contribution in [0.5, 0.6) is 0 Å². The summed E-state index contributed by atoms with van der Waals surface area (Å²) in [4.78, 5) is 20.9. The minimum atomic E-state index is -0.158. The predicted octanol–water partition coefficient (Wildman–Crippen LogP) is 9.32. The molecule has 4 aromatic carbocycles. The number of para-hydroxylation sites is 2. The topological polar surface area (TPSA) is 100 Å². The van der Waals surface area contributed by atoms with Crippen LogP contribution in [0.1, 0.15) is 36.5 Å². The molecule has 0 fully saturated rings. The van der Waals surface area contributed by atoms with Crippen LogP contribution < -0.4 is 0 Å². The zero-order valence-corrected chi connectivity index (χ0v) is 31.6. The van der Waals surface area contributed by atoms with Gasteiger partial charge in [-0.05, 0) is 85.7 Å². The molecule has 2 aromatic heterocycles. The number of aliphatic hydroxyl groups excluding tert-OH is 1. The Morgan fingerprint density at radius 1 is 0.582 bits per heavy atom. The Morgan fingerprint density at radius 2 is 1.16 bits per heavy atom. The van der Waals surface area contributed by atoms with Gasteiger partial charge in [0.05, 0.1) is 74.4 Å². The molecule has 284 valence electrons. The highest BCUT2D eigenvalue weighted by Crippen LogP contribution is 2.26. The summed E-state index contributed by atoms with van der Waals surface area (Å²) >= 11 is 0. The van der Waals surface area contributed by atoms with Crippen molar-refractivity contribution in [2.45, 2.75) is 39.0 Å². The summed E-state index contributed by atoms with van der Waals surface area (Å²) in [5, 5.41) is 11.9. The molecule has 0 atom stereocenters. The van der Waals surface area contributed by atoms with Gasteiger partial charge in [-0.1, -0.05) is 78.9 Å². The zero-order chi connectivity index (χ0) is 38.1. The fourth-order valence-electron chi connectivity index (χ4n) is 6.47. The normalized spacial score (nSPS) is 11.8. The second-order valence-electron chi connectivity index (χ2n) is 13.5. The van der Waals surface area contributed by atoms with Gasteiger partial charge in [0, 0.05) is 41.0 Å². The van der Waals surface area contributed by atoms with Crippen molar-refractivity contribution in [2.24, 2.45) is 0 Å². The number of ketones is 1. The van der Waals surface area contributed by atoms with Gasteiger partial charge in [-0.3, -0.25) is 4.79 Å². The number of rotatable bonds is 22. The van der Waals surface area contributed by atoms with E-state index < -0.39 is 0 Å². The Hall–Kier alpha value is -5.25. The first kappa shape index (κ1) is 39.4.